The Morgan fingerprint density at radius 1 is 1.32 bits per heavy atom. The number of nitrogens with zero attached hydrogens (tertiary/aromatic N) is 1. The van der Waals surface area contributed by atoms with Crippen LogP contribution in [0.4, 0.5) is 4.79 Å². The third-order valence-corrected chi connectivity index (χ3v) is 3.21. The summed E-state index contributed by atoms with van der Waals surface area (Å²) < 4.78 is 10.5. The number of methoxy groups -OCH3 is 1. The Morgan fingerprint density at radius 3 is 2.59 bits per heavy atom. The summed E-state index contributed by atoms with van der Waals surface area (Å²) in [5.74, 6) is 0.525. The van der Waals surface area contributed by atoms with Gasteiger partial charge in [-0.15, -0.1) is 0 Å². The van der Waals surface area contributed by atoms with Gasteiger partial charge in [-0.2, -0.15) is 0 Å². The van der Waals surface area contributed by atoms with Gasteiger partial charge < -0.3 is 9.47 Å². The molecule has 2 rings (SSSR count). The van der Waals surface area contributed by atoms with Crippen molar-refractivity contribution in [2.24, 2.45) is 0 Å². The van der Waals surface area contributed by atoms with Crippen LogP contribution in [0.2, 0.25) is 0 Å². The van der Waals surface area contributed by atoms with E-state index in [4.69, 9.17) is 9.47 Å². The number of carbonyl (C=O) groups is 2. The van der Waals surface area contributed by atoms with Gasteiger partial charge in [0.25, 0.3) is 0 Å². The number of para-hydroxylation sites is 1. The molecule has 1 heterocycles. The average Bonchev–Trinajstić information content (AvgIpc) is 2.41. The highest BCUT2D eigenvalue weighted by Crippen LogP contribution is 2.26. The van der Waals surface area contributed by atoms with Crippen LogP contribution < -0.4 is 4.74 Å². The van der Waals surface area contributed by atoms with Crippen LogP contribution >= 0.6 is 0 Å². The molecule has 118 valence electrons. The second-order valence-corrected chi connectivity index (χ2v) is 6.12. The van der Waals surface area contributed by atoms with Gasteiger partial charge in [-0.3, -0.25) is 4.79 Å². The van der Waals surface area contributed by atoms with Gasteiger partial charge in [-0.05, 0) is 26.8 Å². The summed E-state index contributed by atoms with van der Waals surface area (Å²) in [5, 5.41) is 0. The minimum absolute atomic E-state index is 0.219. The number of β-lactam (4-membered cyclic amide) rings is 1. The molecule has 5 heteroatoms. The van der Waals surface area contributed by atoms with E-state index >= 15 is 0 Å². The van der Waals surface area contributed by atoms with Gasteiger partial charge in [0, 0.05) is 5.56 Å². The van der Waals surface area contributed by atoms with Crippen LogP contribution in [0.1, 0.15) is 32.8 Å². The topological polar surface area (TPSA) is 55.8 Å². The molecular formula is C17H21NO4. The highest BCUT2D eigenvalue weighted by molar-refractivity contribution is 5.98. The summed E-state index contributed by atoms with van der Waals surface area (Å²) in [7, 11) is 1.60. The fraction of sp³-hybridized carbons (Fsp3) is 0.412. The first-order valence-electron chi connectivity index (χ1n) is 7.18. The standard InChI is InChI=1S/C17H21NO4/c1-17(2,3)22-16(20)18-13(11-15(18)19)10-9-12-7-5-6-8-14(12)21-4/h5-10,13H,11H2,1-4H3. The zero-order valence-corrected chi connectivity index (χ0v) is 13.3. The SMILES string of the molecule is COc1ccccc1C=CC1CC(=O)N1C(=O)OC(C)(C)C. The van der Waals surface area contributed by atoms with E-state index in [0.717, 1.165) is 16.2 Å². The molecule has 1 aromatic rings. The van der Waals surface area contributed by atoms with Crippen molar-refractivity contribution in [1.29, 1.82) is 0 Å². The molecule has 1 aliphatic heterocycles. The molecule has 0 aromatic heterocycles. The number of benzene rings is 1. The Hall–Kier alpha value is -2.30. The Labute approximate surface area is 130 Å². The maximum Gasteiger partial charge on any atom is 0.417 e. The average molecular weight is 303 g/mol. The second-order valence-electron chi connectivity index (χ2n) is 6.12. The van der Waals surface area contributed by atoms with E-state index in [1.54, 1.807) is 27.9 Å². The molecule has 22 heavy (non-hydrogen) atoms. The number of rotatable bonds is 3. The third kappa shape index (κ3) is 3.67. The number of carbonyl (C=O) groups excluding carboxylic acids is 2. The molecule has 0 bridgehead atoms. The molecule has 5 nitrogen and oxygen atoms in total. The highest BCUT2D eigenvalue weighted by atomic mass is 16.6. The molecule has 0 radical (unpaired) electrons. The summed E-state index contributed by atoms with van der Waals surface area (Å²) >= 11 is 0. The Balaban J connectivity index is 2.08. The van der Waals surface area contributed by atoms with Crippen LogP contribution in [0.3, 0.4) is 0 Å². The largest absolute Gasteiger partial charge is 0.496 e. The zero-order chi connectivity index (χ0) is 16.3. The monoisotopic (exact) mass is 303 g/mol. The van der Waals surface area contributed by atoms with Gasteiger partial charge in [0.1, 0.15) is 11.4 Å². The molecule has 0 N–H and O–H groups in total. The van der Waals surface area contributed by atoms with Crippen LogP contribution in [-0.4, -0.2) is 35.7 Å². The number of imide groups is 1. The smallest absolute Gasteiger partial charge is 0.417 e. The molecule has 0 saturated carbocycles. The zero-order valence-electron chi connectivity index (χ0n) is 13.3. The summed E-state index contributed by atoms with van der Waals surface area (Å²) in [5.41, 5.74) is 0.276. The van der Waals surface area contributed by atoms with Crippen LogP contribution in [0.5, 0.6) is 5.75 Å². The first kappa shape index (κ1) is 16.1. The number of ether oxygens (including phenoxy) is 2. The van der Waals surface area contributed by atoms with E-state index in [2.05, 4.69) is 0 Å². The van der Waals surface area contributed by atoms with E-state index in [0.29, 0.717) is 6.42 Å². The number of likely N-dealkylation sites (tertiary alicyclic amines) is 1. The molecule has 1 saturated heterocycles. The minimum atomic E-state index is -0.621. The first-order valence-corrected chi connectivity index (χ1v) is 7.18. The lowest BCUT2D eigenvalue weighted by Crippen LogP contribution is -2.55. The van der Waals surface area contributed by atoms with Gasteiger partial charge in [0.15, 0.2) is 0 Å². The van der Waals surface area contributed by atoms with Crippen molar-refractivity contribution < 1.29 is 19.1 Å². The van der Waals surface area contributed by atoms with Gasteiger partial charge >= 0.3 is 6.09 Å². The quantitative estimate of drug-likeness (QED) is 0.804. The van der Waals surface area contributed by atoms with Crippen LogP contribution in [-0.2, 0) is 9.53 Å². The van der Waals surface area contributed by atoms with E-state index in [1.807, 2.05) is 36.4 Å². The summed E-state index contributed by atoms with van der Waals surface area (Å²) in [6.07, 6.45) is 3.39. The number of amides is 2. The Kier molecular flexibility index (Phi) is 4.54. The highest BCUT2D eigenvalue weighted by Gasteiger charge is 2.41. The fourth-order valence-electron chi connectivity index (χ4n) is 2.16. The molecule has 1 atom stereocenters. The van der Waals surface area contributed by atoms with E-state index in [9.17, 15) is 9.59 Å². The van der Waals surface area contributed by atoms with Crippen molar-refractivity contribution in [2.75, 3.05) is 7.11 Å². The van der Waals surface area contributed by atoms with E-state index < -0.39 is 11.7 Å². The molecule has 2 amide bonds. The van der Waals surface area contributed by atoms with Crippen molar-refractivity contribution >= 4 is 18.1 Å². The minimum Gasteiger partial charge on any atom is -0.496 e. The summed E-state index contributed by atoms with van der Waals surface area (Å²) in [6.45, 7) is 5.32. The van der Waals surface area contributed by atoms with Crippen LogP contribution in [0.15, 0.2) is 30.3 Å². The molecule has 1 aliphatic rings. The third-order valence-electron chi connectivity index (χ3n) is 3.21. The van der Waals surface area contributed by atoms with Crippen LogP contribution in [0.25, 0.3) is 6.08 Å². The lowest BCUT2D eigenvalue weighted by atomic mass is 10.0. The predicted molar refractivity (Wildman–Crippen MR) is 83.5 cm³/mol. The van der Waals surface area contributed by atoms with Crippen molar-refractivity contribution in [3.8, 4) is 5.75 Å². The summed E-state index contributed by atoms with van der Waals surface area (Å²) in [6, 6.07) is 7.29. The maximum absolute atomic E-state index is 12.0. The molecule has 1 fully saturated rings. The van der Waals surface area contributed by atoms with Gasteiger partial charge in [0.05, 0.1) is 19.6 Å². The fourth-order valence-corrected chi connectivity index (χ4v) is 2.16. The number of hydrogen-bond donors (Lipinski definition) is 0. The van der Waals surface area contributed by atoms with Gasteiger partial charge in [0.2, 0.25) is 5.91 Å². The lowest BCUT2D eigenvalue weighted by Gasteiger charge is -2.37. The van der Waals surface area contributed by atoms with Crippen molar-refractivity contribution in [3.63, 3.8) is 0 Å². The van der Waals surface area contributed by atoms with E-state index in [-0.39, 0.29) is 11.9 Å². The van der Waals surface area contributed by atoms with Gasteiger partial charge in [-0.25, -0.2) is 9.69 Å². The van der Waals surface area contributed by atoms with Crippen molar-refractivity contribution in [2.45, 2.75) is 38.8 Å². The molecule has 1 unspecified atom stereocenters. The molecule has 0 spiro atoms. The Bertz CT molecular complexity index is 601. The molecule has 0 aliphatic carbocycles. The summed E-state index contributed by atoms with van der Waals surface area (Å²) in [4.78, 5) is 24.8. The predicted octanol–water partition coefficient (Wildman–Crippen LogP) is 3.24. The van der Waals surface area contributed by atoms with Gasteiger partial charge in [-0.1, -0.05) is 30.4 Å². The van der Waals surface area contributed by atoms with E-state index in [1.165, 1.54) is 0 Å². The lowest BCUT2D eigenvalue weighted by molar-refractivity contribution is -0.141. The number of hydrogen-bond acceptors (Lipinski definition) is 4. The Morgan fingerprint density at radius 2 is 2.00 bits per heavy atom. The molecule has 1 aromatic carbocycles. The molecular weight excluding hydrogens is 282 g/mol. The van der Waals surface area contributed by atoms with Crippen molar-refractivity contribution in [1.82, 2.24) is 4.90 Å². The van der Waals surface area contributed by atoms with Crippen molar-refractivity contribution in [3.05, 3.63) is 35.9 Å². The maximum atomic E-state index is 12.0. The second kappa shape index (κ2) is 6.22. The first-order chi connectivity index (χ1) is 10.3. The normalized spacial score (nSPS) is 18.3. The van der Waals surface area contributed by atoms with Crippen LogP contribution in [0, 0.1) is 0 Å².